The van der Waals surface area contributed by atoms with Gasteiger partial charge in [0.2, 0.25) is 5.91 Å². The average Bonchev–Trinajstić information content (AvgIpc) is 2.53. The van der Waals surface area contributed by atoms with Gasteiger partial charge in [-0.3, -0.25) is 14.6 Å². The Morgan fingerprint density at radius 2 is 1.96 bits per heavy atom. The number of carbonyl (C=O) groups is 1. The van der Waals surface area contributed by atoms with Crippen molar-refractivity contribution in [3.05, 3.63) is 28.5 Å². The first kappa shape index (κ1) is 16.3. The highest BCUT2D eigenvalue weighted by atomic mass is 35.5. The molecule has 1 saturated heterocycles. The summed E-state index contributed by atoms with van der Waals surface area (Å²) >= 11 is 6.00. The van der Waals surface area contributed by atoms with Gasteiger partial charge >= 0.3 is 0 Å². The van der Waals surface area contributed by atoms with Crippen molar-refractivity contribution in [2.75, 3.05) is 39.3 Å². The van der Waals surface area contributed by atoms with Gasteiger partial charge in [0.1, 0.15) is 5.15 Å². The Kier molecular flexibility index (Phi) is 4.74. The lowest BCUT2D eigenvalue weighted by Crippen LogP contribution is -2.55. The molecule has 0 bridgehead atoms. The van der Waals surface area contributed by atoms with Crippen LogP contribution in [0.1, 0.15) is 30.5 Å². The Balaban J connectivity index is 1.29. The molecule has 0 N–H and O–H groups in total. The van der Waals surface area contributed by atoms with Gasteiger partial charge in [-0.25, -0.2) is 4.98 Å². The molecule has 0 radical (unpaired) electrons. The quantitative estimate of drug-likeness (QED) is 0.781. The van der Waals surface area contributed by atoms with E-state index in [9.17, 15) is 4.79 Å². The van der Waals surface area contributed by atoms with Crippen LogP contribution in [0.3, 0.4) is 0 Å². The molecule has 0 spiro atoms. The first-order valence-electron chi connectivity index (χ1n) is 9.07. The molecule has 24 heavy (non-hydrogen) atoms. The Hall–Kier alpha value is -1.17. The number of hydrogen-bond acceptors (Lipinski definition) is 4. The second-order valence-corrected chi connectivity index (χ2v) is 7.59. The first-order valence-corrected chi connectivity index (χ1v) is 9.45. The Morgan fingerprint density at radius 1 is 1.17 bits per heavy atom. The van der Waals surface area contributed by atoms with Crippen molar-refractivity contribution >= 4 is 17.5 Å². The lowest BCUT2D eigenvalue weighted by atomic mass is 9.91. The second kappa shape index (κ2) is 6.98. The lowest BCUT2D eigenvalue weighted by molar-refractivity contribution is -0.135. The van der Waals surface area contributed by atoms with Gasteiger partial charge in [0, 0.05) is 45.3 Å². The summed E-state index contributed by atoms with van der Waals surface area (Å²) in [6, 6.07) is 4.70. The molecule has 2 aliphatic heterocycles. The van der Waals surface area contributed by atoms with Gasteiger partial charge in [0.15, 0.2) is 0 Å². The summed E-state index contributed by atoms with van der Waals surface area (Å²) in [7, 11) is 0. The van der Waals surface area contributed by atoms with Crippen LogP contribution in [0.2, 0.25) is 5.15 Å². The number of carbonyl (C=O) groups excluding carboxylic acids is 1. The molecule has 3 heterocycles. The molecule has 0 atom stereocenters. The van der Waals surface area contributed by atoms with Crippen LogP contribution in [0.25, 0.3) is 0 Å². The van der Waals surface area contributed by atoms with E-state index in [0.29, 0.717) is 11.7 Å². The first-order chi connectivity index (χ1) is 11.7. The third-order valence-corrected chi connectivity index (χ3v) is 5.93. The van der Waals surface area contributed by atoms with Crippen molar-refractivity contribution < 1.29 is 4.79 Å². The van der Waals surface area contributed by atoms with Gasteiger partial charge < -0.3 is 4.90 Å². The number of piperazine rings is 1. The molecule has 1 aromatic rings. The van der Waals surface area contributed by atoms with Crippen LogP contribution in [-0.2, 0) is 17.8 Å². The van der Waals surface area contributed by atoms with Crippen molar-refractivity contribution in [3.63, 3.8) is 0 Å². The average molecular weight is 349 g/mol. The molecule has 130 valence electrons. The van der Waals surface area contributed by atoms with E-state index >= 15 is 0 Å². The van der Waals surface area contributed by atoms with E-state index in [2.05, 4.69) is 20.9 Å². The third kappa shape index (κ3) is 3.44. The molecule has 2 fully saturated rings. The number of rotatable bonds is 3. The molecule has 5 nitrogen and oxygen atoms in total. The summed E-state index contributed by atoms with van der Waals surface area (Å²) < 4.78 is 0. The molecule has 6 heteroatoms. The molecule has 1 aromatic heterocycles. The van der Waals surface area contributed by atoms with Crippen molar-refractivity contribution in [2.45, 2.75) is 38.3 Å². The highest BCUT2D eigenvalue weighted by Gasteiger charge is 2.30. The van der Waals surface area contributed by atoms with Gasteiger partial charge in [-0.2, -0.15) is 0 Å². The zero-order valence-electron chi connectivity index (χ0n) is 14.1. The number of hydrogen-bond donors (Lipinski definition) is 0. The largest absolute Gasteiger partial charge is 0.339 e. The predicted molar refractivity (Wildman–Crippen MR) is 94.0 cm³/mol. The van der Waals surface area contributed by atoms with E-state index < -0.39 is 0 Å². The summed E-state index contributed by atoms with van der Waals surface area (Å²) in [5.74, 6) is 0.258. The number of pyridine rings is 1. The SMILES string of the molecule is O=C(CN1CCc2ccc(Cl)nc2C1)N1CCN(C2CCC2)CC1. The minimum absolute atomic E-state index is 0.258. The maximum absolute atomic E-state index is 12.6. The van der Waals surface area contributed by atoms with Crippen molar-refractivity contribution in [3.8, 4) is 0 Å². The van der Waals surface area contributed by atoms with Crippen LogP contribution in [0.5, 0.6) is 0 Å². The van der Waals surface area contributed by atoms with E-state index in [0.717, 1.165) is 57.4 Å². The highest BCUT2D eigenvalue weighted by molar-refractivity contribution is 6.29. The van der Waals surface area contributed by atoms with E-state index in [1.54, 1.807) is 0 Å². The fourth-order valence-electron chi connectivity index (χ4n) is 3.95. The van der Waals surface area contributed by atoms with E-state index in [4.69, 9.17) is 11.6 Å². The fourth-order valence-corrected chi connectivity index (χ4v) is 4.12. The number of fused-ring (bicyclic) bond motifs is 1. The highest BCUT2D eigenvalue weighted by Crippen LogP contribution is 2.25. The minimum atomic E-state index is 0.258. The Labute approximate surface area is 148 Å². The standard InChI is InChI=1S/C18H25ClN4O/c19-17-5-4-14-6-7-21(12-16(14)20-17)13-18(24)23-10-8-22(9-11-23)15-2-1-3-15/h4-5,15H,1-3,6-13H2. The van der Waals surface area contributed by atoms with Crippen LogP contribution >= 0.6 is 11.6 Å². The summed E-state index contributed by atoms with van der Waals surface area (Å²) in [6.07, 6.45) is 5.01. The van der Waals surface area contributed by atoms with Crippen LogP contribution < -0.4 is 0 Å². The number of halogens is 1. The van der Waals surface area contributed by atoms with Crippen LogP contribution in [0.15, 0.2) is 12.1 Å². The van der Waals surface area contributed by atoms with Crippen LogP contribution in [-0.4, -0.2) is 70.9 Å². The third-order valence-electron chi connectivity index (χ3n) is 5.72. The zero-order chi connectivity index (χ0) is 16.5. The molecule has 3 aliphatic rings. The molecule has 1 aliphatic carbocycles. The molecule has 0 aromatic carbocycles. The summed E-state index contributed by atoms with van der Waals surface area (Å²) in [6.45, 7) is 5.98. The van der Waals surface area contributed by atoms with Crippen LogP contribution in [0, 0.1) is 0 Å². The Bertz CT molecular complexity index is 611. The molecular formula is C18H25ClN4O. The molecule has 1 saturated carbocycles. The van der Waals surface area contributed by atoms with Gasteiger partial charge in [-0.05, 0) is 30.9 Å². The molecular weight excluding hydrogens is 324 g/mol. The normalized spacial score (nSPS) is 23.0. The monoisotopic (exact) mass is 348 g/mol. The number of aromatic nitrogens is 1. The summed E-state index contributed by atoms with van der Waals surface area (Å²) in [4.78, 5) is 23.8. The van der Waals surface area contributed by atoms with Crippen molar-refractivity contribution in [2.24, 2.45) is 0 Å². The topological polar surface area (TPSA) is 39.7 Å². The maximum atomic E-state index is 12.6. The van der Waals surface area contributed by atoms with E-state index in [-0.39, 0.29) is 5.91 Å². The molecule has 1 amide bonds. The second-order valence-electron chi connectivity index (χ2n) is 7.20. The van der Waals surface area contributed by atoms with E-state index in [1.807, 2.05) is 11.0 Å². The Morgan fingerprint density at radius 3 is 2.67 bits per heavy atom. The van der Waals surface area contributed by atoms with Gasteiger partial charge in [0.25, 0.3) is 0 Å². The van der Waals surface area contributed by atoms with Gasteiger partial charge in [-0.15, -0.1) is 0 Å². The van der Waals surface area contributed by atoms with Gasteiger partial charge in [0.05, 0.1) is 12.2 Å². The van der Waals surface area contributed by atoms with Crippen molar-refractivity contribution in [1.82, 2.24) is 19.7 Å². The lowest BCUT2D eigenvalue weighted by Gasteiger charge is -2.43. The maximum Gasteiger partial charge on any atom is 0.236 e. The van der Waals surface area contributed by atoms with Crippen molar-refractivity contribution in [1.29, 1.82) is 0 Å². The summed E-state index contributed by atoms with van der Waals surface area (Å²) in [5, 5.41) is 0.536. The zero-order valence-corrected chi connectivity index (χ0v) is 14.8. The van der Waals surface area contributed by atoms with Crippen LogP contribution in [0.4, 0.5) is 0 Å². The fraction of sp³-hybridized carbons (Fsp3) is 0.667. The molecule has 4 rings (SSSR count). The van der Waals surface area contributed by atoms with E-state index in [1.165, 1.54) is 24.8 Å². The minimum Gasteiger partial charge on any atom is -0.339 e. The predicted octanol–water partition coefficient (Wildman–Crippen LogP) is 1.79. The number of amides is 1. The molecule has 0 unspecified atom stereocenters. The summed E-state index contributed by atoms with van der Waals surface area (Å²) in [5.41, 5.74) is 2.29. The van der Waals surface area contributed by atoms with Gasteiger partial charge in [-0.1, -0.05) is 24.1 Å². The smallest absolute Gasteiger partial charge is 0.236 e. The number of nitrogens with zero attached hydrogens (tertiary/aromatic N) is 4.